The van der Waals surface area contributed by atoms with E-state index in [1.54, 1.807) is 23.1 Å². The molecule has 0 saturated heterocycles. The molecule has 4 rings (SSSR count). The number of fused-ring (bicyclic) bond motifs is 1. The van der Waals surface area contributed by atoms with Crippen LogP contribution in [-0.2, 0) is 6.54 Å². The van der Waals surface area contributed by atoms with Crippen LogP contribution in [0.15, 0.2) is 59.4 Å². The van der Waals surface area contributed by atoms with Crippen molar-refractivity contribution in [3.63, 3.8) is 0 Å². The number of H-pyrrole nitrogens is 1. The number of amides is 1. The molecule has 0 spiro atoms. The first-order valence-electron chi connectivity index (χ1n) is 9.06. The Hall–Kier alpha value is -3.54. The van der Waals surface area contributed by atoms with Gasteiger partial charge in [0.15, 0.2) is 11.5 Å². The van der Waals surface area contributed by atoms with Gasteiger partial charge in [0.1, 0.15) is 12.3 Å². The van der Waals surface area contributed by atoms with Gasteiger partial charge in [0.2, 0.25) is 5.56 Å². The Morgan fingerprint density at radius 1 is 1.14 bits per heavy atom. The van der Waals surface area contributed by atoms with Gasteiger partial charge in [-0.05, 0) is 41.8 Å². The van der Waals surface area contributed by atoms with Crippen molar-refractivity contribution < 1.29 is 14.6 Å². The van der Waals surface area contributed by atoms with Gasteiger partial charge >= 0.3 is 0 Å². The largest absolute Gasteiger partial charge is 0.504 e. The fourth-order valence-corrected chi connectivity index (χ4v) is 3.47. The summed E-state index contributed by atoms with van der Waals surface area (Å²) < 4.78 is 5.72. The highest BCUT2D eigenvalue weighted by Crippen LogP contribution is 2.38. The summed E-state index contributed by atoms with van der Waals surface area (Å²) in [6, 6.07) is 16.0. The maximum Gasteiger partial charge on any atom is 0.270 e. The van der Waals surface area contributed by atoms with Crippen LogP contribution in [0.25, 0.3) is 11.1 Å². The summed E-state index contributed by atoms with van der Waals surface area (Å²) in [5.41, 5.74) is 3.59. The van der Waals surface area contributed by atoms with Crippen molar-refractivity contribution in [2.24, 2.45) is 0 Å². The van der Waals surface area contributed by atoms with Crippen molar-refractivity contribution in [3.05, 3.63) is 81.8 Å². The summed E-state index contributed by atoms with van der Waals surface area (Å²) in [5.74, 6) is 0.169. The number of benzene rings is 2. The van der Waals surface area contributed by atoms with E-state index in [-0.39, 0.29) is 36.1 Å². The number of aryl methyl sites for hydroxylation is 1. The molecule has 0 fully saturated rings. The molecular weight excluding hydrogens is 356 g/mol. The Bertz CT molecular complexity index is 1100. The highest BCUT2D eigenvalue weighted by molar-refractivity contribution is 5.92. The minimum atomic E-state index is -0.322. The van der Waals surface area contributed by atoms with Gasteiger partial charge in [-0.1, -0.05) is 30.3 Å². The normalized spacial score (nSPS) is 13.4. The molecular formula is C22H20N2O4. The number of rotatable bonds is 2. The maximum atomic E-state index is 12.8. The first-order valence-corrected chi connectivity index (χ1v) is 9.06. The number of hydrogen-bond acceptors (Lipinski definition) is 4. The molecule has 2 heterocycles. The van der Waals surface area contributed by atoms with Gasteiger partial charge in [0.05, 0.1) is 6.54 Å². The van der Waals surface area contributed by atoms with Crippen molar-refractivity contribution in [3.8, 4) is 22.6 Å². The number of aromatic amines is 1. The molecule has 28 heavy (non-hydrogen) atoms. The van der Waals surface area contributed by atoms with Crippen LogP contribution >= 0.6 is 0 Å². The van der Waals surface area contributed by atoms with E-state index in [4.69, 9.17) is 4.74 Å². The Kier molecular flexibility index (Phi) is 4.61. The lowest BCUT2D eigenvalue weighted by atomic mass is 9.98. The Balaban J connectivity index is 1.72. The van der Waals surface area contributed by atoms with Crippen LogP contribution in [-0.4, -0.2) is 34.0 Å². The summed E-state index contributed by atoms with van der Waals surface area (Å²) in [6.07, 6.45) is 0. The van der Waals surface area contributed by atoms with E-state index in [9.17, 15) is 14.7 Å². The van der Waals surface area contributed by atoms with E-state index in [2.05, 4.69) is 4.98 Å². The lowest BCUT2D eigenvalue weighted by Crippen LogP contribution is -2.33. The van der Waals surface area contributed by atoms with Crippen LogP contribution in [0.4, 0.5) is 0 Å². The van der Waals surface area contributed by atoms with Crippen molar-refractivity contribution >= 4 is 5.91 Å². The number of carbonyl (C=O) groups excluding carboxylic acids is 1. The molecule has 1 aromatic heterocycles. The second kappa shape index (κ2) is 7.23. The van der Waals surface area contributed by atoms with E-state index in [0.717, 1.165) is 22.3 Å². The average Bonchev–Trinajstić information content (AvgIpc) is 2.90. The number of phenols is 1. The number of nitrogens with one attached hydrogen (secondary N) is 1. The van der Waals surface area contributed by atoms with Crippen LogP contribution in [0, 0.1) is 6.92 Å². The molecule has 2 aromatic carbocycles. The smallest absolute Gasteiger partial charge is 0.270 e. The van der Waals surface area contributed by atoms with Crippen molar-refractivity contribution in [2.45, 2.75) is 13.5 Å². The number of phenolic OH excluding ortho intramolecular Hbond substituents is 1. The van der Waals surface area contributed by atoms with Gasteiger partial charge in [0.25, 0.3) is 5.91 Å². The van der Waals surface area contributed by atoms with E-state index in [1.807, 2.05) is 37.3 Å². The molecule has 0 radical (unpaired) electrons. The zero-order valence-electron chi connectivity index (χ0n) is 15.4. The summed E-state index contributed by atoms with van der Waals surface area (Å²) in [7, 11) is 0. The Morgan fingerprint density at radius 3 is 2.75 bits per heavy atom. The van der Waals surface area contributed by atoms with Gasteiger partial charge in [-0.15, -0.1) is 0 Å². The third-order valence-electron chi connectivity index (χ3n) is 4.86. The summed E-state index contributed by atoms with van der Waals surface area (Å²) in [4.78, 5) is 28.6. The monoisotopic (exact) mass is 376 g/mol. The molecule has 2 N–H and O–H groups in total. The summed E-state index contributed by atoms with van der Waals surface area (Å²) >= 11 is 0. The van der Waals surface area contributed by atoms with E-state index >= 15 is 0 Å². The van der Waals surface area contributed by atoms with Crippen molar-refractivity contribution in [1.82, 2.24) is 9.88 Å². The number of hydrogen-bond donors (Lipinski definition) is 2. The zero-order valence-corrected chi connectivity index (χ0v) is 15.4. The third-order valence-corrected chi connectivity index (χ3v) is 4.86. The van der Waals surface area contributed by atoms with Crippen LogP contribution in [0.5, 0.6) is 11.5 Å². The molecule has 6 nitrogen and oxygen atoms in total. The predicted octanol–water partition coefficient (Wildman–Crippen LogP) is 3.09. The summed E-state index contributed by atoms with van der Waals surface area (Å²) in [5, 5.41) is 10.5. The minimum Gasteiger partial charge on any atom is -0.504 e. The number of aromatic nitrogens is 1. The lowest BCUT2D eigenvalue weighted by molar-refractivity contribution is 0.0727. The second-order valence-corrected chi connectivity index (χ2v) is 6.80. The molecule has 0 saturated carbocycles. The highest BCUT2D eigenvalue weighted by atomic mass is 16.5. The quantitative estimate of drug-likeness (QED) is 0.720. The van der Waals surface area contributed by atoms with Gasteiger partial charge < -0.3 is 19.7 Å². The van der Waals surface area contributed by atoms with E-state index in [1.165, 1.54) is 6.07 Å². The van der Waals surface area contributed by atoms with Crippen molar-refractivity contribution in [1.29, 1.82) is 0 Å². The fraction of sp³-hybridized carbons (Fsp3) is 0.182. The van der Waals surface area contributed by atoms with Crippen LogP contribution in [0.3, 0.4) is 0 Å². The highest BCUT2D eigenvalue weighted by Gasteiger charge is 2.24. The minimum absolute atomic E-state index is 0.0539. The number of aromatic hydroxyl groups is 1. The molecule has 6 heteroatoms. The third kappa shape index (κ3) is 3.36. The molecule has 0 bridgehead atoms. The van der Waals surface area contributed by atoms with E-state index < -0.39 is 0 Å². The lowest BCUT2D eigenvalue weighted by Gasteiger charge is -2.20. The molecule has 0 unspecified atom stereocenters. The maximum absolute atomic E-state index is 12.8. The van der Waals surface area contributed by atoms with Crippen molar-refractivity contribution in [2.75, 3.05) is 13.2 Å². The van der Waals surface area contributed by atoms with Gasteiger partial charge in [-0.25, -0.2) is 0 Å². The standard InChI is InChI=1S/C22H20N2O4/c1-14-5-2-3-6-17(14)15-11-16-13-24(9-10-28-21(16)19(25)12-15)22(27)18-7-4-8-20(26)23-18/h2-8,11-12,25H,9-10,13H2,1H3,(H,23,26). The fourth-order valence-electron chi connectivity index (χ4n) is 3.47. The molecule has 0 atom stereocenters. The van der Waals surface area contributed by atoms with E-state index in [0.29, 0.717) is 12.3 Å². The number of ether oxygens (including phenoxy) is 1. The van der Waals surface area contributed by atoms with Crippen LogP contribution < -0.4 is 10.3 Å². The van der Waals surface area contributed by atoms with Gasteiger partial charge in [-0.2, -0.15) is 0 Å². The molecule has 142 valence electrons. The summed E-state index contributed by atoms with van der Waals surface area (Å²) in [6.45, 7) is 2.89. The van der Waals surface area contributed by atoms with Gasteiger partial charge in [-0.3, -0.25) is 9.59 Å². The number of pyridine rings is 1. The van der Waals surface area contributed by atoms with Crippen LogP contribution in [0.1, 0.15) is 21.6 Å². The topological polar surface area (TPSA) is 82.6 Å². The molecule has 3 aromatic rings. The molecule has 1 aliphatic rings. The number of nitrogens with zero attached hydrogens (tertiary/aromatic N) is 1. The molecule has 1 amide bonds. The first kappa shape index (κ1) is 17.9. The Labute approximate surface area is 162 Å². The predicted molar refractivity (Wildman–Crippen MR) is 106 cm³/mol. The molecule has 0 aliphatic carbocycles. The zero-order chi connectivity index (χ0) is 19.7. The Morgan fingerprint density at radius 2 is 1.96 bits per heavy atom. The first-order chi connectivity index (χ1) is 13.5. The van der Waals surface area contributed by atoms with Gasteiger partial charge in [0, 0.05) is 18.2 Å². The average molecular weight is 376 g/mol. The SMILES string of the molecule is Cc1ccccc1-c1cc(O)c2c(c1)CN(C(=O)c1cccc(=O)[nH]1)CCO2. The van der Waals surface area contributed by atoms with Crippen LogP contribution in [0.2, 0.25) is 0 Å². The molecule has 1 aliphatic heterocycles. The number of carbonyl (C=O) groups is 1. The second-order valence-electron chi connectivity index (χ2n) is 6.80.